The first-order valence-corrected chi connectivity index (χ1v) is 7.18. The number of carbonyl (C=O) groups is 2. The highest BCUT2D eigenvalue weighted by atomic mass is 16.4. The summed E-state index contributed by atoms with van der Waals surface area (Å²) >= 11 is 0. The van der Waals surface area contributed by atoms with Crippen molar-refractivity contribution in [3.63, 3.8) is 0 Å². The molecule has 0 saturated carbocycles. The summed E-state index contributed by atoms with van der Waals surface area (Å²) in [7, 11) is 0. The first-order chi connectivity index (χ1) is 10.3. The maximum atomic E-state index is 12.3. The molecule has 0 saturated heterocycles. The maximum Gasteiger partial charge on any atom is 0.332 e. The van der Waals surface area contributed by atoms with Crippen LogP contribution in [0.15, 0.2) is 40.9 Å². The topological polar surface area (TPSA) is 78.8 Å². The van der Waals surface area contributed by atoms with E-state index in [1.807, 2.05) is 44.2 Å². The largest absolute Gasteiger partial charge is 0.478 e. The second-order valence-corrected chi connectivity index (χ2v) is 5.89. The third-order valence-electron chi connectivity index (χ3n) is 4.15. The molecule has 1 atom stereocenters. The van der Waals surface area contributed by atoms with Crippen LogP contribution in [0.1, 0.15) is 33.3 Å². The number of carbonyl (C=O) groups excluding carboxylic acids is 1. The van der Waals surface area contributed by atoms with Crippen molar-refractivity contribution in [2.24, 2.45) is 10.9 Å². The number of nitrogens with zero attached hydrogens (tertiary/aromatic N) is 1. The van der Waals surface area contributed by atoms with Crippen LogP contribution in [-0.2, 0) is 9.59 Å². The zero-order valence-corrected chi connectivity index (χ0v) is 13.2. The van der Waals surface area contributed by atoms with Crippen LogP contribution in [0.3, 0.4) is 0 Å². The zero-order chi connectivity index (χ0) is 16.5. The van der Waals surface area contributed by atoms with E-state index in [0.29, 0.717) is 11.4 Å². The van der Waals surface area contributed by atoms with Crippen molar-refractivity contribution in [2.45, 2.75) is 33.2 Å². The number of carboxylic acids is 1. The average Bonchev–Trinajstić information content (AvgIpc) is 2.77. The van der Waals surface area contributed by atoms with Gasteiger partial charge in [0.15, 0.2) is 0 Å². The van der Waals surface area contributed by atoms with Crippen molar-refractivity contribution in [3.8, 4) is 0 Å². The van der Waals surface area contributed by atoms with Crippen LogP contribution in [0, 0.1) is 5.92 Å². The minimum Gasteiger partial charge on any atom is -0.478 e. The summed E-state index contributed by atoms with van der Waals surface area (Å²) in [6.07, 6.45) is 0. The van der Waals surface area contributed by atoms with E-state index in [9.17, 15) is 14.7 Å². The summed E-state index contributed by atoms with van der Waals surface area (Å²) in [6, 6.07) is 9.11. The number of rotatable bonds is 4. The van der Waals surface area contributed by atoms with Crippen molar-refractivity contribution >= 4 is 23.3 Å². The molecule has 1 unspecified atom stereocenters. The van der Waals surface area contributed by atoms with E-state index >= 15 is 0 Å². The van der Waals surface area contributed by atoms with Gasteiger partial charge in [-0.3, -0.25) is 9.79 Å². The second-order valence-electron chi connectivity index (χ2n) is 5.89. The number of carboxylic acid groups (broad SMARTS) is 1. The Morgan fingerprint density at radius 3 is 2.32 bits per heavy atom. The fourth-order valence-electron chi connectivity index (χ4n) is 2.30. The van der Waals surface area contributed by atoms with Gasteiger partial charge in [-0.15, -0.1) is 0 Å². The Morgan fingerprint density at radius 2 is 1.86 bits per heavy atom. The first-order valence-electron chi connectivity index (χ1n) is 7.18. The highest BCUT2D eigenvalue weighted by Crippen LogP contribution is 2.30. The number of hydrogen-bond acceptors (Lipinski definition) is 3. The summed E-state index contributed by atoms with van der Waals surface area (Å²) in [5, 5.41) is 12.1. The molecule has 1 aromatic rings. The lowest BCUT2D eigenvalue weighted by Gasteiger charge is -2.21. The zero-order valence-electron chi connectivity index (χ0n) is 13.2. The SMILES string of the molecule is C/C(C(=O)O)=C(/C1=NC(C)(C(C)C)C(=O)N1)c1ccccc1. The molecule has 0 aromatic heterocycles. The Hall–Kier alpha value is -2.43. The van der Waals surface area contributed by atoms with E-state index in [4.69, 9.17) is 0 Å². The Labute approximate surface area is 129 Å². The van der Waals surface area contributed by atoms with Crippen LogP contribution >= 0.6 is 0 Å². The Balaban J connectivity index is 2.61. The first kappa shape index (κ1) is 15.9. The molecule has 1 amide bonds. The van der Waals surface area contributed by atoms with Gasteiger partial charge in [-0.2, -0.15) is 0 Å². The van der Waals surface area contributed by atoms with Gasteiger partial charge < -0.3 is 10.4 Å². The van der Waals surface area contributed by atoms with E-state index in [1.54, 1.807) is 6.92 Å². The van der Waals surface area contributed by atoms with Gasteiger partial charge in [-0.05, 0) is 25.3 Å². The number of nitrogens with one attached hydrogen (secondary N) is 1. The van der Waals surface area contributed by atoms with Crippen LogP contribution in [-0.4, -0.2) is 28.4 Å². The molecule has 22 heavy (non-hydrogen) atoms. The van der Waals surface area contributed by atoms with Crippen molar-refractivity contribution in [2.75, 3.05) is 0 Å². The lowest BCUT2D eigenvalue weighted by Crippen LogP contribution is -2.41. The summed E-state index contributed by atoms with van der Waals surface area (Å²) < 4.78 is 0. The van der Waals surface area contributed by atoms with Gasteiger partial charge in [-0.1, -0.05) is 44.2 Å². The van der Waals surface area contributed by atoms with Gasteiger partial charge in [0.05, 0.1) is 0 Å². The molecule has 0 fully saturated rings. The summed E-state index contributed by atoms with van der Waals surface area (Å²) in [5.74, 6) is -0.905. The summed E-state index contributed by atoms with van der Waals surface area (Å²) in [5.41, 5.74) is 0.437. The molecule has 0 spiro atoms. The van der Waals surface area contributed by atoms with Gasteiger partial charge in [0, 0.05) is 11.1 Å². The van der Waals surface area contributed by atoms with Crippen LogP contribution in [0.4, 0.5) is 0 Å². The van der Waals surface area contributed by atoms with E-state index in [-0.39, 0.29) is 17.4 Å². The second kappa shape index (κ2) is 5.75. The number of hydrogen-bond donors (Lipinski definition) is 2. The molecule has 0 aliphatic carbocycles. The van der Waals surface area contributed by atoms with Crippen molar-refractivity contribution in [1.82, 2.24) is 5.32 Å². The normalized spacial score (nSPS) is 22.2. The summed E-state index contributed by atoms with van der Waals surface area (Å²) in [4.78, 5) is 28.2. The molecule has 116 valence electrons. The van der Waals surface area contributed by atoms with Crippen molar-refractivity contribution < 1.29 is 14.7 Å². The number of aliphatic carboxylic acids is 1. The molecule has 2 N–H and O–H groups in total. The minimum absolute atomic E-state index is 0.00663. The molecule has 1 heterocycles. The third-order valence-corrected chi connectivity index (χ3v) is 4.15. The predicted molar refractivity (Wildman–Crippen MR) is 85.5 cm³/mol. The van der Waals surface area contributed by atoms with Crippen molar-refractivity contribution in [1.29, 1.82) is 0 Å². The molecule has 0 radical (unpaired) electrons. The highest BCUT2D eigenvalue weighted by Gasteiger charge is 2.43. The number of amidine groups is 1. The van der Waals surface area contributed by atoms with Gasteiger partial charge in [-0.25, -0.2) is 4.79 Å². The monoisotopic (exact) mass is 300 g/mol. The lowest BCUT2D eigenvalue weighted by molar-refractivity contribution is -0.132. The molecule has 0 bridgehead atoms. The van der Waals surface area contributed by atoms with E-state index in [1.165, 1.54) is 6.92 Å². The van der Waals surface area contributed by atoms with E-state index in [0.717, 1.165) is 5.56 Å². The van der Waals surface area contributed by atoms with Crippen LogP contribution in [0.25, 0.3) is 5.57 Å². The molecule has 1 aromatic carbocycles. The Kier molecular flexibility index (Phi) is 4.17. The van der Waals surface area contributed by atoms with Gasteiger partial charge in [0.25, 0.3) is 5.91 Å². The Morgan fingerprint density at radius 1 is 1.27 bits per heavy atom. The maximum absolute atomic E-state index is 12.3. The van der Waals surface area contributed by atoms with E-state index in [2.05, 4.69) is 10.3 Å². The van der Waals surface area contributed by atoms with Gasteiger partial charge in [0.2, 0.25) is 0 Å². The molecule has 1 aliphatic rings. The highest BCUT2D eigenvalue weighted by molar-refractivity contribution is 6.33. The molecule has 5 heteroatoms. The smallest absolute Gasteiger partial charge is 0.332 e. The quantitative estimate of drug-likeness (QED) is 0.838. The molecule has 2 rings (SSSR count). The van der Waals surface area contributed by atoms with Crippen LogP contribution < -0.4 is 5.32 Å². The third kappa shape index (κ3) is 2.66. The standard InChI is InChI=1S/C17H20N2O3/c1-10(2)17(4)16(22)18-14(19-17)13(11(3)15(20)21)12-8-6-5-7-9-12/h5-10H,1-4H3,(H,20,21)(H,18,19,22)/b13-11-. The molecular formula is C17H20N2O3. The van der Waals surface area contributed by atoms with Gasteiger partial charge in [0.1, 0.15) is 11.4 Å². The fraction of sp³-hybridized carbons (Fsp3) is 0.353. The average molecular weight is 300 g/mol. The van der Waals surface area contributed by atoms with E-state index < -0.39 is 11.5 Å². The lowest BCUT2D eigenvalue weighted by atomic mass is 9.89. The summed E-state index contributed by atoms with van der Waals surface area (Å²) in [6.45, 7) is 7.12. The number of aliphatic imine (C=N–C) groups is 1. The number of benzene rings is 1. The Bertz CT molecular complexity index is 674. The van der Waals surface area contributed by atoms with Crippen LogP contribution in [0.5, 0.6) is 0 Å². The molecule has 1 aliphatic heterocycles. The fourth-order valence-corrected chi connectivity index (χ4v) is 2.30. The molecular weight excluding hydrogens is 280 g/mol. The predicted octanol–water partition coefficient (Wildman–Crippen LogP) is 2.49. The van der Waals surface area contributed by atoms with Gasteiger partial charge >= 0.3 is 5.97 Å². The molecule has 5 nitrogen and oxygen atoms in total. The van der Waals surface area contributed by atoms with Crippen molar-refractivity contribution in [3.05, 3.63) is 41.5 Å². The number of amides is 1. The van der Waals surface area contributed by atoms with Crippen LogP contribution in [0.2, 0.25) is 0 Å². The minimum atomic E-state index is -1.03.